The first kappa shape index (κ1) is 9.42. The summed E-state index contributed by atoms with van der Waals surface area (Å²) >= 11 is 11.2. The molecular weight excluding hydrogens is 208 g/mol. The predicted molar refractivity (Wildman–Crippen MR) is 36.5 cm³/mol. The van der Waals surface area contributed by atoms with Crippen molar-refractivity contribution < 1.29 is 19.5 Å². The number of hydrogen-bond acceptors (Lipinski definition) is 0. The number of halogens is 2. The molecule has 0 saturated carbocycles. The molecule has 0 unspecified atom stereocenters. The third kappa shape index (κ3) is 2.66. The van der Waals surface area contributed by atoms with Crippen molar-refractivity contribution in [3.63, 3.8) is 0 Å². The van der Waals surface area contributed by atoms with Gasteiger partial charge in [0.25, 0.3) is 0 Å². The van der Waals surface area contributed by atoms with E-state index in [0.29, 0.717) is 10.0 Å². The van der Waals surface area contributed by atoms with Gasteiger partial charge in [0.2, 0.25) is 0 Å². The fourth-order valence-corrected chi connectivity index (χ4v) is 0.711. The maximum Gasteiger partial charge on any atom is 0.0592 e. The van der Waals surface area contributed by atoms with E-state index in [9.17, 15) is 0 Å². The minimum absolute atomic E-state index is 0. The van der Waals surface area contributed by atoms with Crippen molar-refractivity contribution in [2.75, 3.05) is 0 Å². The number of benzene rings is 1. The summed E-state index contributed by atoms with van der Waals surface area (Å²) in [4.78, 5) is 0. The van der Waals surface area contributed by atoms with Gasteiger partial charge in [0.05, 0.1) is 10.0 Å². The van der Waals surface area contributed by atoms with Crippen LogP contribution in [0, 0.1) is 0 Å². The molecule has 0 radical (unpaired) electrons. The first-order valence-electron chi connectivity index (χ1n) is 2.21. The number of rotatable bonds is 0. The van der Waals surface area contributed by atoms with Crippen molar-refractivity contribution in [1.29, 1.82) is 0 Å². The molecular formula is C6H4Cl2Zn. The molecule has 0 atom stereocenters. The van der Waals surface area contributed by atoms with Crippen LogP contribution in [0.25, 0.3) is 0 Å². The average Bonchev–Trinajstić information content (AvgIpc) is 1.77. The summed E-state index contributed by atoms with van der Waals surface area (Å²) in [5.74, 6) is 0. The van der Waals surface area contributed by atoms with E-state index in [1.165, 1.54) is 0 Å². The quantitative estimate of drug-likeness (QED) is 0.580. The molecule has 0 aliphatic rings. The third-order valence-electron chi connectivity index (χ3n) is 0.824. The van der Waals surface area contributed by atoms with Crippen LogP contribution >= 0.6 is 23.2 Å². The SMILES string of the molecule is Clc1ccccc1Cl.[Zn]. The fourth-order valence-electron chi connectivity index (χ4n) is 0.439. The van der Waals surface area contributed by atoms with Crippen molar-refractivity contribution in [3.05, 3.63) is 34.3 Å². The molecule has 0 saturated heterocycles. The van der Waals surface area contributed by atoms with E-state index in [4.69, 9.17) is 23.2 Å². The van der Waals surface area contributed by atoms with Gasteiger partial charge >= 0.3 is 0 Å². The van der Waals surface area contributed by atoms with E-state index in [0.717, 1.165) is 0 Å². The van der Waals surface area contributed by atoms with Crippen LogP contribution in [0.4, 0.5) is 0 Å². The summed E-state index contributed by atoms with van der Waals surface area (Å²) in [5.41, 5.74) is 0. The van der Waals surface area contributed by atoms with Crippen LogP contribution in [0.5, 0.6) is 0 Å². The van der Waals surface area contributed by atoms with Gasteiger partial charge in [-0.1, -0.05) is 35.3 Å². The molecule has 0 N–H and O–H groups in total. The maximum atomic E-state index is 5.58. The van der Waals surface area contributed by atoms with Gasteiger partial charge < -0.3 is 0 Å². The van der Waals surface area contributed by atoms with Crippen LogP contribution in [0.15, 0.2) is 24.3 Å². The zero-order chi connectivity index (χ0) is 5.98. The summed E-state index contributed by atoms with van der Waals surface area (Å²) < 4.78 is 0. The molecule has 1 rings (SSSR count). The monoisotopic (exact) mass is 210 g/mol. The molecule has 9 heavy (non-hydrogen) atoms. The Kier molecular flexibility index (Phi) is 4.47. The van der Waals surface area contributed by atoms with Gasteiger partial charge in [-0.25, -0.2) is 0 Å². The standard InChI is InChI=1S/C6H4Cl2.Zn/c7-5-3-1-2-4-6(5)8;/h1-4H;. The summed E-state index contributed by atoms with van der Waals surface area (Å²) in [5, 5.41) is 1.21. The van der Waals surface area contributed by atoms with Crippen molar-refractivity contribution in [1.82, 2.24) is 0 Å². The summed E-state index contributed by atoms with van der Waals surface area (Å²) in [7, 11) is 0. The van der Waals surface area contributed by atoms with E-state index in [2.05, 4.69) is 0 Å². The van der Waals surface area contributed by atoms with Gasteiger partial charge in [-0.05, 0) is 12.1 Å². The average molecular weight is 212 g/mol. The first-order chi connectivity index (χ1) is 3.80. The van der Waals surface area contributed by atoms with Crippen LogP contribution in [-0.2, 0) is 19.5 Å². The Balaban J connectivity index is 0.000000640. The molecule has 1 aromatic rings. The molecule has 0 aliphatic carbocycles. The second-order valence-electron chi connectivity index (χ2n) is 1.41. The largest absolute Gasteiger partial charge is 0.0827 e. The normalized spacial score (nSPS) is 8.22. The van der Waals surface area contributed by atoms with Gasteiger partial charge in [-0.2, -0.15) is 0 Å². The van der Waals surface area contributed by atoms with E-state index >= 15 is 0 Å². The van der Waals surface area contributed by atoms with E-state index in [1.54, 1.807) is 12.1 Å². The molecule has 0 spiro atoms. The van der Waals surface area contributed by atoms with Crippen LogP contribution in [0.1, 0.15) is 0 Å². The Morgan fingerprint density at radius 3 is 1.44 bits per heavy atom. The summed E-state index contributed by atoms with van der Waals surface area (Å²) in [6, 6.07) is 7.19. The Bertz CT molecular complexity index is 167. The van der Waals surface area contributed by atoms with Gasteiger partial charge in [0, 0.05) is 19.5 Å². The Hall–Kier alpha value is 0.423. The second-order valence-corrected chi connectivity index (χ2v) is 2.23. The molecule has 0 fully saturated rings. The molecule has 0 nitrogen and oxygen atoms in total. The van der Waals surface area contributed by atoms with Crippen LogP contribution in [0.3, 0.4) is 0 Å². The molecule has 3 heteroatoms. The van der Waals surface area contributed by atoms with Crippen molar-refractivity contribution in [2.24, 2.45) is 0 Å². The molecule has 0 aliphatic heterocycles. The first-order valence-corrected chi connectivity index (χ1v) is 2.96. The molecule has 44 valence electrons. The van der Waals surface area contributed by atoms with Gasteiger partial charge in [0.15, 0.2) is 0 Å². The molecule has 0 amide bonds. The van der Waals surface area contributed by atoms with E-state index < -0.39 is 0 Å². The maximum absolute atomic E-state index is 5.58. The Labute approximate surface area is 76.9 Å². The smallest absolute Gasteiger partial charge is 0.0592 e. The fraction of sp³-hybridized carbons (Fsp3) is 0. The Morgan fingerprint density at radius 1 is 0.889 bits per heavy atom. The second kappa shape index (κ2) is 4.27. The van der Waals surface area contributed by atoms with Gasteiger partial charge in [-0.3, -0.25) is 0 Å². The van der Waals surface area contributed by atoms with Crippen LogP contribution < -0.4 is 0 Å². The van der Waals surface area contributed by atoms with Crippen molar-refractivity contribution in [2.45, 2.75) is 0 Å². The molecule has 1 aromatic carbocycles. The van der Waals surface area contributed by atoms with Crippen LogP contribution in [0.2, 0.25) is 10.0 Å². The zero-order valence-corrected chi connectivity index (χ0v) is 9.25. The predicted octanol–water partition coefficient (Wildman–Crippen LogP) is 2.99. The minimum atomic E-state index is 0. The number of hydrogen-bond donors (Lipinski definition) is 0. The van der Waals surface area contributed by atoms with Gasteiger partial charge in [0.1, 0.15) is 0 Å². The van der Waals surface area contributed by atoms with Gasteiger partial charge in [-0.15, -0.1) is 0 Å². The topological polar surface area (TPSA) is 0 Å². The molecule has 0 bridgehead atoms. The van der Waals surface area contributed by atoms with E-state index in [-0.39, 0.29) is 19.5 Å². The van der Waals surface area contributed by atoms with Crippen LogP contribution in [-0.4, -0.2) is 0 Å². The van der Waals surface area contributed by atoms with E-state index in [1.807, 2.05) is 12.1 Å². The zero-order valence-electron chi connectivity index (χ0n) is 4.77. The third-order valence-corrected chi connectivity index (χ3v) is 1.58. The molecule has 0 heterocycles. The summed E-state index contributed by atoms with van der Waals surface area (Å²) in [6.07, 6.45) is 0. The molecule has 0 aromatic heterocycles. The Morgan fingerprint density at radius 2 is 1.22 bits per heavy atom. The van der Waals surface area contributed by atoms with Crippen molar-refractivity contribution >= 4 is 23.2 Å². The summed E-state index contributed by atoms with van der Waals surface area (Å²) in [6.45, 7) is 0. The van der Waals surface area contributed by atoms with Crippen molar-refractivity contribution in [3.8, 4) is 0 Å². The minimum Gasteiger partial charge on any atom is -0.0827 e.